The van der Waals surface area contributed by atoms with Gasteiger partial charge in [-0.2, -0.15) is 11.3 Å². The standard InChI is InChI=1S/C16H14N2OS2/c1-10-4-3-5-13(11(10)2)17-15(19)14-9-21-16(18-14)12-6-7-20-8-12/h3-9H,1-2H3,(H,17,19). The van der Waals surface area contributed by atoms with E-state index < -0.39 is 0 Å². The minimum absolute atomic E-state index is 0.165. The lowest BCUT2D eigenvalue weighted by Crippen LogP contribution is -2.13. The lowest BCUT2D eigenvalue weighted by molar-refractivity contribution is 0.102. The first-order valence-corrected chi connectivity index (χ1v) is 8.33. The Kier molecular flexibility index (Phi) is 3.86. The minimum atomic E-state index is -0.165. The lowest BCUT2D eigenvalue weighted by Gasteiger charge is -2.09. The van der Waals surface area contributed by atoms with Crippen LogP contribution in [-0.4, -0.2) is 10.9 Å². The van der Waals surface area contributed by atoms with Gasteiger partial charge in [-0.3, -0.25) is 4.79 Å². The average molecular weight is 314 g/mol. The second-order valence-corrected chi connectivity index (χ2v) is 6.39. The molecule has 3 rings (SSSR count). The van der Waals surface area contributed by atoms with Crippen molar-refractivity contribution < 1.29 is 4.79 Å². The number of carbonyl (C=O) groups excluding carboxylic acids is 1. The first kappa shape index (κ1) is 14.0. The fourth-order valence-electron chi connectivity index (χ4n) is 1.97. The third-order valence-corrected chi connectivity index (χ3v) is 4.93. The molecule has 3 aromatic rings. The highest BCUT2D eigenvalue weighted by atomic mass is 32.1. The number of nitrogens with zero attached hydrogens (tertiary/aromatic N) is 1. The summed E-state index contributed by atoms with van der Waals surface area (Å²) in [6, 6.07) is 7.89. The zero-order valence-electron chi connectivity index (χ0n) is 11.7. The number of aromatic nitrogens is 1. The molecule has 1 N–H and O–H groups in total. The molecule has 0 unspecified atom stereocenters. The van der Waals surface area contributed by atoms with E-state index in [1.54, 1.807) is 16.7 Å². The van der Waals surface area contributed by atoms with Crippen molar-refractivity contribution in [3.8, 4) is 10.6 Å². The fourth-order valence-corrected chi connectivity index (χ4v) is 3.48. The highest BCUT2D eigenvalue weighted by Gasteiger charge is 2.13. The average Bonchev–Trinajstić information content (AvgIpc) is 3.13. The first-order chi connectivity index (χ1) is 10.1. The van der Waals surface area contributed by atoms with Gasteiger partial charge in [0.2, 0.25) is 0 Å². The molecule has 0 aliphatic heterocycles. The van der Waals surface area contributed by atoms with E-state index in [0.717, 1.165) is 27.4 Å². The molecule has 0 radical (unpaired) electrons. The van der Waals surface area contributed by atoms with Crippen LogP contribution in [0.5, 0.6) is 0 Å². The summed E-state index contributed by atoms with van der Waals surface area (Å²) in [5.74, 6) is -0.165. The molecular weight excluding hydrogens is 300 g/mol. The monoisotopic (exact) mass is 314 g/mol. The quantitative estimate of drug-likeness (QED) is 0.758. The zero-order valence-corrected chi connectivity index (χ0v) is 13.3. The van der Waals surface area contributed by atoms with Gasteiger partial charge in [0.25, 0.3) is 5.91 Å². The van der Waals surface area contributed by atoms with Crippen LogP contribution in [0.2, 0.25) is 0 Å². The Morgan fingerprint density at radius 1 is 1.19 bits per heavy atom. The van der Waals surface area contributed by atoms with Crippen molar-refractivity contribution in [2.75, 3.05) is 5.32 Å². The second kappa shape index (κ2) is 5.79. The van der Waals surface area contributed by atoms with Gasteiger partial charge in [-0.05, 0) is 42.5 Å². The molecule has 0 aliphatic carbocycles. The van der Waals surface area contributed by atoms with E-state index in [-0.39, 0.29) is 5.91 Å². The van der Waals surface area contributed by atoms with Crippen molar-refractivity contribution in [2.24, 2.45) is 0 Å². The number of thiazole rings is 1. The molecule has 21 heavy (non-hydrogen) atoms. The van der Waals surface area contributed by atoms with Crippen LogP contribution in [0.3, 0.4) is 0 Å². The third kappa shape index (κ3) is 2.89. The first-order valence-electron chi connectivity index (χ1n) is 6.51. The van der Waals surface area contributed by atoms with E-state index in [1.165, 1.54) is 11.3 Å². The third-order valence-electron chi connectivity index (χ3n) is 3.36. The molecule has 2 heterocycles. The van der Waals surface area contributed by atoms with Gasteiger partial charge in [-0.1, -0.05) is 12.1 Å². The number of rotatable bonds is 3. The Morgan fingerprint density at radius 2 is 2.05 bits per heavy atom. The lowest BCUT2D eigenvalue weighted by atomic mass is 10.1. The van der Waals surface area contributed by atoms with Crippen LogP contribution < -0.4 is 5.32 Å². The maximum atomic E-state index is 12.3. The summed E-state index contributed by atoms with van der Waals surface area (Å²) in [4.78, 5) is 16.7. The molecule has 0 saturated carbocycles. The Labute approximate surface area is 131 Å². The molecule has 106 valence electrons. The molecule has 0 atom stereocenters. The largest absolute Gasteiger partial charge is 0.320 e. The summed E-state index contributed by atoms with van der Waals surface area (Å²) < 4.78 is 0. The normalized spacial score (nSPS) is 10.6. The van der Waals surface area contributed by atoms with Crippen LogP contribution in [-0.2, 0) is 0 Å². The highest BCUT2D eigenvalue weighted by Crippen LogP contribution is 2.26. The van der Waals surface area contributed by atoms with Gasteiger partial charge in [0, 0.05) is 22.0 Å². The molecular formula is C16H14N2OS2. The zero-order chi connectivity index (χ0) is 14.8. The van der Waals surface area contributed by atoms with Crippen molar-refractivity contribution in [3.63, 3.8) is 0 Å². The van der Waals surface area contributed by atoms with Crippen LogP contribution in [0.1, 0.15) is 21.6 Å². The Hall–Kier alpha value is -1.98. The van der Waals surface area contributed by atoms with E-state index in [4.69, 9.17) is 0 Å². The Bertz CT molecular complexity index is 775. The van der Waals surface area contributed by atoms with E-state index in [2.05, 4.69) is 10.3 Å². The van der Waals surface area contributed by atoms with E-state index >= 15 is 0 Å². The van der Waals surface area contributed by atoms with Crippen LogP contribution >= 0.6 is 22.7 Å². The predicted octanol–water partition coefficient (Wildman–Crippen LogP) is 4.74. The minimum Gasteiger partial charge on any atom is -0.320 e. The van der Waals surface area contributed by atoms with Crippen molar-refractivity contribution in [2.45, 2.75) is 13.8 Å². The maximum Gasteiger partial charge on any atom is 0.275 e. The summed E-state index contributed by atoms with van der Waals surface area (Å²) in [5.41, 5.74) is 4.60. The predicted molar refractivity (Wildman–Crippen MR) is 89.3 cm³/mol. The molecule has 0 bridgehead atoms. The number of anilines is 1. The van der Waals surface area contributed by atoms with Crippen LogP contribution in [0.4, 0.5) is 5.69 Å². The van der Waals surface area contributed by atoms with Crippen molar-refractivity contribution in [3.05, 3.63) is 57.2 Å². The Balaban J connectivity index is 1.81. The number of amides is 1. The van der Waals surface area contributed by atoms with E-state index in [1.807, 2.05) is 48.9 Å². The SMILES string of the molecule is Cc1cccc(NC(=O)c2csc(-c3ccsc3)n2)c1C. The Morgan fingerprint density at radius 3 is 2.81 bits per heavy atom. The van der Waals surface area contributed by atoms with Gasteiger partial charge in [-0.15, -0.1) is 11.3 Å². The van der Waals surface area contributed by atoms with E-state index in [9.17, 15) is 4.79 Å². The van der Waals surface area contributed by atoms with Gasteiger partial charge >= 0.3 is 0 Å². The van der Waals surface area contributed by atoms with Gasteiger partial charge in [0.1, 0.15) is 10.7 Å². The topological polar surface area (TPSA) is 42.0 Å². The van der Waals surface area contributed by atoms with Crippen LogP contribution in [0.15, 0.2) is 40.4 Å². The molecule has 0 spiro atoms. The fraction of sp³-hybridized carbons (Fsp3) is 0.125. The summed E-state index contributed by atoms with van der Waals surface area (Å²) in [5, 5.41) is 9.65. The van der Waals surface area contributed by atoms with Gasteiger partial charge < -0.3 is 5.32 Å². The van der Waals surface area contributed by atoms with E-state index in [0.29, 0.717) is 5.69 Å². The van der Waals surface area contributed by atoms with Gasteiger partial charge in [-0.25, -0.2) is 4.98 Å². The molecule has 2 aromatic heterocycles. The van der Waals surface area contributed by atoms with Crippen molar-refractivity contribution in [1.29, 1.82) is 0 Å². The van der Waals surface area contributed by atoms with Crippen LogP contribution in [0, 0.1) is 13.8 Å². The van der Waals surface area contributed by atoms with Gasteiger partial charge in [0.15, 0.2) is 0 Å². The summed E-state index contributed by atoms with van der Waals surface area (Å²) >= 11 is 3.11. The molecule has 0 aliphatic rings. The number of thiophene rings is 1. The number of nitrogens with one attached hydrogen (secondary N) is 1. The van der Waals surface area contributed by atoms with Crippen LogP contribution in [0.25, 0.3) is 10.6 Å². The summed E-state index contributed by atoms with van der Waals surface area (Å²) in [6.45, 7) is 4.03. The molecule has 0 fully saturated rings. The molecule has 1 amide bonds. The smallest absolute Gasteiger partial charge is 0.275 e. The van der Waals surface area contributed by atoms with Crippen molar-refractivity contribution >= 4 is 34.3 Å². The maximum absolute atomic E-state index is 12.3. The molecule has 0 saturated heterocycles. The highest BCUT2D eigenvalue weighted by molar-refractivity contribution is 7.14. The number of benzene rings is 1. The number of hydrogen-bond donors (Lipinski definition) is 1. The molecule has 1 aromatic carbocycles. The number of aryl methyl sites for hydroxylation is 1. The summed E-state index contributed by atoms with van der Waals surface area (Å²) in [7, 11) is 0. The number of carbonyl (C=O) groups is 1. The second-order valence-electron chi connectivity index (χ2n) is 4.75. The summed E-state index contributed by atoms with van der Waals surface area (Å²) in [6.07, 6.45) is 0. The molecule has 3 nitrogen and oxygen atoms in total. The van der Waals surface area contributed by atoms with Crippen molar-refractivity contribution in [1.82, 2.24) is 4.98 Å². The molecule has 5 heteroatoms. The van der Waals surface area contributed by atoms with Gasteiger partial charge in [0.05, 0.1) is 0 Å². The number of hydrogen-bond acceptors (Lipinski definition) is 4.